The summed E-state index contributed by atoms with van der Waals surface area (Å²) in [6.45, 7) is 1.78. The largest absolute Gasteiger partial charge is 0.494 e. The van der Waals surface area contributed by atoms with Crippen molar-refractivity contribution in [2.75, 3.05) is 12.4 Å². The summed E-state index contributed by atoms with van der Waals surface area (Å²) < 4.78 is 6.92. The van der Waals surface area contributed by atoms with Crippen molar-refractivity contribution in [1.82, 2.24) is 30.4 Å². The van der Waals surface area contributed by atoms with Crippen molar-refractivity contribution >= 4 is 11.6 Å². The Kier molecular flexibility index (Phi) is 4.93. The van der Waals surface area contributed by atoms with Crippen molar-refractivity contribution in [1.29, 1.82) is 0 Å². The summed E-state index contributed by atoms with van der Waals surface area (Å²) in [4.78, 5) is 12.8. The zero-order chi connectivity index (χ0) is 20.2. The quantitative estimate of drug-likeness (QED) is 0.561. The van der Waals surface area contributed by atoms with Crippen molar-refractivity contribution < 1.29 is 9.53 Å². The number of carbonyl (C=O) groups excluding carboxylic acids is 1. The Morgan fingerprint density at radius 2 is 1.90 bits per heavy atom. The molecule has 29 heavy (non-hydrogen) atoms. The number of ether oxygens (including phenoxy) is 1. The number of nitrogens with one attached hydrogen (secondary N) is 1. The molecule has 0 atom stereocenters. The van der Waals surface area contributed by atoms with Crippen LogP contribution in [0.5, 0.6) is 5.75 Å². The Morgan fingerprint density at radius 3 is 2.62 bits per heavy atom. The van der Waals surface area contributed by atoms with Crippen LogP contribution in [-0.2, 0) is 0 Å². The molecule has 4 rings (SSSR count). The molecule has 2 aromatic heterocycles. The van der Waals surface area contributed by atoms with Gasteiger partial charge in [-0.2, -0.15) is 14.9 Å². The van der Waals surface area contributed by atoms with Crippen molar-refractivity contribution in [2.45, 2.75) is 6.92 Å². The van der Waals surface area contributed by atoms with Gasteiger partial charge in [0, 0.05) is 11.3 Å². The molecule has 2 heterocycles. The summed E-state index contributed by atoms with van der Waals surface area (Å²) in [5, 5.41) is 22.4. The molecule has 0 saturated carbocycles. The first-order valence-corrected chi connectivity index (χ1v) is 8.78. The summed E-state index contributed by atoms with van der Waals surface area (Å²) in [5.41, 5.74) is 3.09. The second kappa shape index (κ2) is 7.85. The molecule has 0 bridgehead atoms. The molecule has 1 N–H and O–H groups in total. The van der Waals surface area contributed by atoms with Gasteiger partial charge in [-0.3, -0.25) is 4.79 Å². The summed E-state index contributed by atoms with van der Waals surface area (Å²) in [7, 11) is 1.56. The molecule has 144 valence electrons. The van der Waals surface area contributed by atoms with Crippen LogP contribution >= 0.6 is 0 Å². The highest BCUT2D eigenvalue weighted by molar-refractivity contribution is 6.04. The number of aryl methyl sites for hydroxylation is 1. The molecule has 0 fully saturated rings. The fraction of sp³-hybridized carbons (Fsp3) is 0.100. The minimum Gasteiger partial charge on any atom is -0.494 e. The predicted octanol–water partition coefficient (Wildman–Crippen LogP) is 2.69. The molecule has 0 radical (unpaired) electrons. The van der Waals surface area contributed by atoms with E-state index in [0.29, 0.717) is 34.2 Å². The number of amides is 1. The minimum atomic E-state index is -0.304. The summed E-state index contributed by atoms with van der Waals surface area (Å²) in [5.74, 6) is 0.870. The highest BCUT2D eigenvalue weighted by atomic mass is 16.5. The van der Waals surface area contributed by atoms with E-state index in [2.05, 4.69) is 31.0 Å². The van der Waals surface area contributed by atoms with Crippen molar-refractivity contribution in [3.05, 3.63) is 72.2 Å². The number of hydrogen-bond donors (Lipinski definition) is 1. The lowest BCUT2D eigenvalue weighted by Gasteiger charge is -2.12. The highest BCUT2D eigenvalue weighted by Gasteiger charge is 2.14. The van der Waals surface area contributed by atoms with Gasteiger partial charge in [0.05, 0.1) is 24.6 Å². The highest BCUT2D eigenvalue weighted by Crippen LogP contribution is 2.27. The molecule has 4 aromatic rings. The second-order valence-corrected chi connectivity index (χ2v) is 6.17. The Bertz CT molecular complexity index is 1160. The summed E-state index contributed by atoms with van der Waals surface area (Å²) >= 11 is 0. The van der Waals surface area contributed by atoms with E-state index < -0.39 is 0 Å². The van der Waals surface area contributed by atoms with E-state index in [9.17, 15) is 4.79 Å². The number of carbonyl (C=O) groups is 1. The van der Waals surface area contributed by atoms with Gasteiger partial charge in [-0.25, -0.2) is 0 Å². The third-order valence-corrected chi connectivity index (χ3v) is 4.28. The van der Waals surface area contributed by atoms with E-state index in [1.165, 1.54) is 10.9 Å². The maximum absolute atomic E-state index is 12.8. The number of nitrogens with zero attached hydrogens (tertiary/aromatic N) is 6. The zero-order valence-corrected chi connectivity index (χ0v) is 15.8. The Labute approximate surface area is 166 Å². The average molecular weight is 387 g/mol. The first kappa shape index (κ1) is 18.2. The van der Waals surface area contributed by atoms with Crippen molar-refractivity contribution in [3.8, 4) is 22.7 Å². The molecule has 9 nitrogen and oxygen atoms in total. The number of anilines is 1. The number of aromatic nitrogens is 6. The lowest BCUT2D eigenvalue weighted by Crippen LogP contribution is -2.13. The topological polar surface area (TPSA) is 108 Å². The van der Waals surface area contributed by atoms with Crippen LogP contribution in [0.2, 0.25) is 0 Å². The fourth-order valence-corrected chi connectivity index (χ4v) is 2.83. The third kappa shape index (κ3) is 3.79. The predicted molar refractivity (Wildman–Crippen MR) is 106 cm³/mol. The Hall–Kier alpha value is -4.14. The second-order valence-electron chi connectivity index (χ2n) is 6.17. The molecule has 0 saturated heterocycles. The van der Waals surface area contributed by atoms with Gasteiger partial charge in [-0.05, 0) is 41.6 Å². The monoisotopic (exact) mass is 387 g/mol. The molecular formula is C20H17N7O2. The Morgan fingerprint density at radius 1 is 1.07 bits per heavy atom. The van der Waals surface area contributed by atoms with Gasteiger partial charge in [0.15, 0.2) is 5.82 Å². The van der Waals surface area contributed by atoms with Crippen LogP contribution < -0.4 is 10.1 Å². The molecule has 0 aliphatic carbocycles. The van der Waals surface area contributed by atoms with Crippen LogP contribution in [0.1, 0.15) is 16.2 Å². The van der Waals surface area contributed by atoms with Gasteiger partial charge in [-0.1, -0.05) is 30.3 Å². The summed E-state index contributed by atoms with van der Waals surface area (Å²) in [6, 6.07) is 16.5. The van der Waals surface area contributed by atoms with Crippen LogP contribution in [0, 0.1) is 6.92 Å². The SMILES string of the molecule is COc1ccc(NC(=O)c2cnnc(-c3ccccc3)c2)cc1-n1nnnc1C. The molecule has 0 aliphatic heterocycles. The minimum absolute atomic E-state index is 0.304. The average Bonchev–Trinajstić information content (AvgIpc) is 3.20. The van der Waals surface area contributed by atoms with Crippen LogP contribution in [0.15, 0.2) is 60.8 Å². The molecule has 0 spiro atoms. The number of methoxy groups -OCH3 is 1. The van der Waals surface area contributed by atoms with E-state index in [0.717, 1.165) is 5.56 Å². The normalized spacial score (nSPS) is 10.6. The molecule has 1 amide bonds. The molecular weight excluding hydrogens is 370 g/mol. The van der Waals surface area contributed by atoms with Crippen LogP contribution in [0.25, 0.3) is 16.9 Å². The first-order chi connectivity index (χ1) is 14.2. The molecule has 9 heteroatoms. The molecule has 0 unspecified atom stereocenters. The maximum Gasteiger partial charge on any atom is 0.257 e. The maximum atomic E-state index is 12.8. The van der Waals surface area contributed by atoms with Gasteiger partial charge in [0.25, 0.3) is 5.91 Å². The van der Waals surface area contributed by atoms with Crippen molar-refractivity contribution in [3.63, 3.8) is 0 Å². The summed E-state index contributed by atoms with van der Waals surface area (Å²) in [6.07, 6.45) is 1.43. The molecule has 0 aliphatic rings. The van der Waals surface area contributed by atoms with E-state index in [-0.39, 0.29) is 5.91 Å². The first-order valence-electron chi connectivity index (χ1n) is 8.78. The Balaban J connectivity index is 1.62. The van der Waals surface area contributed by atoms with Crippen LogP contribution in [0.3, 0.4) is 0 Å². The van der Waals surface area contributed by atoms with E-state index in [4.69, 9.17) is 4.74 Å². The van der Waals surface area contributed by atoms with E-state index in [1.807, 2.05) is 30.3 Å². The third-order valence-electron chi connectivity index (χ3n) is 4.28. The van der Waals surface area contributed by atoms with Gasteiger partial charge >= 0.3 is 0 Å². The van der Waals surface area contributed by atoms with E-state index >= 15 is 0 Å². The van der Waals surface area contributed by atoms with Gasteiger partial charge in [0.1, 0.15) is 11.4 Å². The molecule has 2 aromatic carbocycles. The number of tetrazole rings is 1. The van der Waals surface area contributed by atoms with Gasteiger partial charge in [0.2, 0.25) is 0 Å². The van der Waals surface area contributed by atoms with Gasteiger partial charge in [-0.15, -0.1) is 5.10 Å². The lowest BCUT2D eigenvalue weighted by molar-refractivity contribution is 0.102. The van der Waals surface area contributed by atoms with Crippen LogP contribution in [-0.4, -0.2) is 43.4 Å². The van der Waals surface area contributed by atoms with Gasteiger partial charge < -0.3 is 10.1 Å². The fourth-order valence-electron chi connectivity index (χ4n) is 2.83. The number of hydrogen-bond acceptors (Lipinski definition) is 7. The zero-order valence-electron chi connectivity index (χ0n) is 15.8. The van der Waals surface area contributed by atoms with Crippen LogP contribution in [0.4, 0.5) is 5.69 Å². The smallest absolute Gasteiger partial charge is 0.257 e. The number of benzene rings is 2. The standard InChI is InChI=1S/C20H17N7O2/c1-13-23-25-26-27(13)18-11-16(8-9-19(18)29-2)22-20(28)15-10-17(24-21-12-15)14-6-4-3-5-7-14/h3-12H,1-2H3,(H,22,28). The van der Waals surface area contributed by atoms with Crippen molar-refractivity contribution in [2.24, 2.45) is 0 Å². The van der Waals surface area contributed by atoms with E-state index in [1.54, 1.807) is 38.3 Å². The lowest BCUT2D eigenvalue weighted by atomic mass is 10.1. The number of rotatable bonds is 5.